The Labute approximate surface area is 112 Å². The molecule has 1 aromatic carbocycles. The number of carbonyl (C=O) groups is 1. The van der Waals surface area contributed by atoms with Crippen LogP contribution in [0, 0.1) is 0 Å². The van der Waals surface area contributed by atoms with Crippen LogP contribution in [-0.2, 0) is 0 Å². The second-order valence-corrected chi connectivity index (χ2v) is 5.01. The second-order valence-electron chi connectivity index (χ2n) is 3.70. The van der Waals surface area contributed by atoms with E-state index < -0.39 is 5.97 Å². The van der Waals surface area contributed by atoms with Crippen molar-refractivity contribution >= 4 is 23.4 Å². The van der Waals surface area contributed by atoms with Gasteiger partial charge in [0.05, 0.1) is 5.56 Å². The number of benzene rings is 1. The summed E-state index contributed by atoms with van der Waals surface area (Å²) >= 11 is 1.55. The summed E-state index contributed by atoms with van der Waals surface area (Å²) in [4.78, 5) is 12.2. The molecule has 0 fully saturated rings. The zero-order chi connectivity index (χ0) is 13.4. The molecular weight excluding hydrogens is 246 g/mol. The molecule has 2 N–H and O–H groups in total. The van der Waals surface area contributed by atoms with E-state index in [1.165, 1.54) is 0 Å². The van der Waals surface area contributed by atoms with Crippen LogP contribution >= 0.6 is 11.8 Å². The van der Waals surface area contributed by atoms with Crippen LogP contribution in [0.25, 0.3) is 0 Å². The minimum atomic E-state index is -0.875. The van der Waals surface area contributed by atoms with Crippen molar-refractivity contribution in [1.29, 1.82) is 0 Å². The van der Waals surface area contributed by atoms with E-state index in [-0.39, 0.29) is 0 Å². The van der Waals surface area contributed by atoms with Crippen LogP contribution in [-0.4, -0.2) is 23.4 Å². The maximum atomic E-state index is 11.3. The minimum absolute atomic E-state index is 0.379. The highest BCUT2D eigenvalue weighted by atomic mass is 32.2. The van der Waals surface area contributed by atoms with Crippen molar-refractivity contribution in [3.8, 4) is 0 Å². The number of hydrogen-bond donors (Lipinski definition) is 2. The Kier molecular flexibility index (Phi) is 6.36. The van der Waals surface area contributed by atoms with Gasteiger partial charge in [-0.15, -0.1) is 11.8 Å². The lowest BCUT2D eigenvalue weighted by molar-refractivity contribution is 0.0694. The van der Waals surface area contributed by atoms with Crippen molar-refractivity contribution in [3.05, 3.63) is 35.9 Å². The van der Waals surface area contributed by atoms with Gasteiger partial charge in [0.1, 0.15) is 0 Å². The first-order chi connectivity index (χ1) is 8.70. The highest BCUT2D eigenvalue weighted by Crippen LogP contribution is 2.28. The van der Waals surface area contributed by atoms with Crippen LogP contribution in [0.1, 0.15) is 30.6 Å². The quantitative estimate of drug-likeness (QED) is 0.446. The fourth-order valence-electron chi connectivity index (χ4n) is 1.63. The second kappa shape index (κ2) is 7.82. The van der Waals surface area contributed by atoms with Gasteiger partial charge in [0.25, 0.3) is 0 Å². The highest BCUT2D eigenvalue weighted by molar-refractivity contribution is 7.99. The normalized spacial score (nSPS) is 10.8. The molecule has 1 aromatic rings. The smallest absolute Gasteiger partial charge is 0.338 e. The Morgan fingerprint density at radius 2 is 2.28 bits per heavy atom. The van der Waals surface area contributed by atoms with Gasteiger partial charge in [-0.3, -0.25) is 0 Å². The molecule has 0 unspecified atom stereocenters. The number of carboxylic acid groups (broad SMARTS) is 1. The van der Waals surface area contributed by atoms with E-state index in [1.54, 1.807) is 11.8 Å². The van der Waals surface area contributed by atoms with Gasteiger partial charge < -0.3 is 10.4 Å². The lowest BCUT2D eigenvalue weighted by Crippen LogP contribution is -2.08. The van der Waals surface area contributed by atoms with E-state index in [4.69, 9.17) is 0 Å². The topological polar surface area (TPSA) is 49.3 Å². The lowest BCUT2D eigenvalue weighted by Gasteiger charge is -2.12. The molecule has 98 valence electrons. The van der Waals surface area contributed by atoms with Crippen LogP contribution in [0.2, 0.25) is 0 Å². The maximum Gasteiger partial charge on any atom is 0.338 e. The third-order valence-electron chi connectivity index (χ3n) is 2.40. The molecule has 0 atom stereocenters. The molecule has 0 radical (unpaired) electrons. The van der Waals surface area contributed by atoms with Gasteiger partial charge in [-0.25, -0.2) is 4.79 Å². The predicted octanol–water partition coefficient (Wildman–Crippen LogP) is 3.87. The molecule has 3 nitrogen and oxygen atoms in total. The van der Waals surface area contributed by atoms with Crippen LogP contribution in [0.3, 0.4) is 0 Å². The molecule has 0 saturated carbocycles. The molecule has 0 amide bonds. The van der Waals surface area contributed by atoms with Gasteiger partial charge in [0.15, 0.2) is 0 Å². The SMILES string of the molecule is C/C=C/CCNc1cccc(SCC)c1C(=O)O. The third kappa shape index (κ3) is 4.11. The summed E-state index contributed by atoms with van der Waals surface area (Å²) in [5.74, 6) is -0.0115. The standard InChI is InChI=1S/C14H19NO2S/c1-3-5-6-10-15-11-8-7-9-12(18-4-2)13(11)14(16)17/h3,5,7-9,15H,4,6,10H2,1-2H3,(H,16,17)/b5-3+. The van der Waals surface area contributed by atoms with Crippen LogP contribution in [0.4, 0.5) is 5.69 Å². The summed E-state index contributed by atoms with van der Waals surface area (Å²) in [6.45, 7) is 4.73. The number of carboxylic acids is 1. The van der Waals surface area contributed by atoms with Crippen molar-refractivity contribution in [3.63, 3.8) is 0 Å². The Balaban J connectivity index is 2.88. The summed E-state index contributed by atoms with van der Waals surface area (Å²) < 4.78 is 0. The average molecular weight is 265 g/mol. The molecule has 4 heteroatoms. The van der Waals surface area contributed by atoms with E-state index >= 15 is 0 Å². The minimum Gasteiger partial charge on any atom is -0.478 e. The van der Waals surface area contributed by atoms with Crippen LogP contribution < -0.4 is 5.32 Å². The summed E-state index contributed by atoms with van der Waals surface area (Å²) in [6.07, 6.45) is 4.93. The number of rotatable bonds is 7. The summed E-state index contributed by atoms with van der Waals surface area (Å²) in [6, 6.07) is 5.57. The number of thioether (sulfide) groups is 1. The van der Waals surface area contributed by atoms with Crippen LogP contribution in [0.5, 0.6) is 0 Å². The Morgan fingerprint density at radius 1 is 1.50 bits per heavy atom. The first-order valence-corrected chi connectivity index (χ1v) is 7.03. The fourth-order valence-corrected chi connectivity index (χ4v) is 2.46. The Bertz CT molecular complexity index is 430. The Hall–Kier alpha value is -1.42. The highest BCUT2D eigenvalue weighted by Gasteiger charge is 2.14. The van der Waals surface area contributed by atoms with Crippen molar-refractivity contribution < 1.29 is 9.90 Å². The summed E-state index contributed by atoms with van der Waals surface area (Å²) in [5, 5.41) is 12.5. The summed E-state index contributed by atoms with van der Waals surface area (Å²) in [7, 11) is 0. The van der Waals surface area contributed by atoms with E-state index in [2.05, 4.69) is 11.4 Å². The van der Waals surface area contributed by atoms with E-state index in [0.29, 0.717) is 11.3 Å². The zero-order valence-corrected chi connectivity index (χ0v) is 11.6. The van der Waals surface area contributed by atoms with Crippen molar-refractivity contribution in [2.45, 2.75) is 25.2 Å². The zero-order valence-electron chi connectivity index (χ0n) is 10.8. The molecule has 0 spiro atoms. The van der Waals surface area contributed by atoms with Crippen LogP contribution in [0.15, 0.2) is 35.2 Å². The number of allylic oxidation sites excluding steroid dienone is 1. The van der Waals surface area contributed by atoms with Gasteiger partial charge in [-0.1, -0.05) is 25.1 Å². The molecule has 0 aliphatic carbocycles. The van der Waals surface area contributed by atoms with Crippen molar-refractivity contribution in [2.24, 2.45) is 0 Å². The predicted molar refractivity (Wildman–Crippen MR) is 77.7 cm³/mol. The molecule has 0 aliphatic heterocycles. The van der Waals surface area contributed by atoms with Gasteiger partial charge >= 0.3 is 5.97 Å². The molecule has 0 bridgehead atoms. The Morgan fingerprint density at radius 3 is 2.89 bits per heavy atom. The van der Waals surface area contributed by atoms with Gasteiger partial charge in [0, 0.05) is 17.1 Å². The molecule has 0 aromatic heterocycles. The number of hydrogen-bond acceptors (Lipinski definition) is 3. The van der Waals surface area contributed by atoms with Crippen molar-refractivity contribution in [2.75, 3.05) is 17.6 Å². The number of aromatic carboxylic acids is 1. The first-order valence-electron chi connectivity index (χ1n) is 6.04. The average Bonchev–Trinajstić information content (AvgIpc) is 2.35. The first kappa shape index (κ1) is 14.6. The number of nitrogens with one attached hydrogen (secondary N) is 1. The molecular formula is C14H19NO2S. The maximum absolute atomic E-state index is 11.3. The molecule has 0 saturated heterocycles. The molecule has 1 rings (SSSR count). The fraction of sp³-hybridized carbons (Fsp3) is 0.357. The summed E-state index contributed by atoms with van der Waals surface area (Å²) in [5.41, 5.74) is 1.08. The molecule has 0 heterocycles. The van der Waals surface area contributed by atoms with E-state index in [0.717, 1.165) is 23.6 Å². The van der Waals surface area contributed by atoms with E-state index in [1.807, 2.05) is 38.1 Å². The lowest BCUT2D eigenvalue weighted by atomic mass is 10.1. The van der Waals surface area contributed by atoms with Gasteiger partial charge in [-0.05, 0) is 31.2 Å². The largest absolute Gasteiger partial charge is 0.478 e. The molecule has 0 aliphatic rings. The van der Waals surface area contributed by atoms with Crippen molar-refractivity contribution in [1.82, 2.24) is 0 Å². The molecule has 18 heavy (non-hydrogen) atoms. The van der Waals surface area contributed by atoms with Gasteiger partial charge in [0.2, 0.25) is 0 Å². The van der Waals surface area contributed by atoms with Gasteiger partial charge in [-0.2, -0.15) is 0 Å². The monoisotopic (exact) mass is 265 g/mol. The third-order valence-corrected chi connectivity index (χ3v) is 3.34. The number of anilines is 1. The van der Waals surface area contributed by atoms with E-state index in [9.17, 15) is 9.90 Å².